The normalized spacial score (nSPS) is 15.1. The molecule has 1 atom stereocenters. The van der Waals surface area contributed by atoms with Gasteiger partial charge in [-0.15, -0.1) is 0 Å². The molecular formula is C9H19NO3S. The van der Waals surface area contributed by atoms with Crippen LogP contribution in [0.3, 0.4) is 0 Å². The summed E-state index contributed by atoms with van der Waals surface area (Å²) >= 11 is 1.58. The van der Waals surface area contributed by atoms with E-state index in [1.165, 1.54) is 0 Å². The van der Waals surface area contributed by atoms with Gasteiger partial charge < -0.3 is 15.2 Å². The number of likely N-dealkylation sites (N-methyl/N-ethyl adjacent to an activating group) is 1. The van der Waals surface area contributed by atoms with Gasteiger partial charge in [-0.25, -0.2) is 0 Å². The average molecular weight is 221 g/mol. The Labute approximate surface area is 89.4 Å². The number of hydrogen-bond acceptors (Lipinski definition) is 4. The number of aliphatic carboxylic acids is 1. The van der Waals surface area contributed by atoms with Crippen molar-refractivity contribution in [1.82, 2.24) is 5.32 Å². The van der Waals surface area contributed by atoms with E-state index in [9.17, 15) is 4.79 Å². The second-order valence-corrected chi connectivity index (χ2v) is 4.32. The molecule has 0 amide bonds. The largest absolute Gasteiger partial charge is 0.480 e. The Kier molecular flexibility index (Phi) is 6.96. The molecule has 0 aromatic rings. The maximum absolute atomic E-state index is 11.0. The van der Waals surface area contributed by atoms with E-state index in [-0.39, 0.29) is 0 Å². The molecule has 0 aromatic heterocycles. The molecule has 84 valence electrons. The lowest BCUT2D eigenvalue weighted by Gasteiger charge is -2.25. The van der Waals surface area contributed by atoms with Gasteiger partial charge in [0, 0.05) is 18.6 Å². The van der Waals surface area contributed by atoms with Crippen LogP contribution in [-0.4, -0.2) is 48.4 Å². The minimum Gasteiger partial charge on any atom is -0.480 e. The summed E-state index contributed by atoms with van der Waals surface area (Å²) in [6.45, 7) is 4.93. The highest BCUT2D eigenvalue weighted by Gasteiger charge is 2.31. The molecule has 0 radical (unpaired) electrons. The second-order valence-electron chi connectivity index (χ2n) is 3.21. The lowest BCUT2D eigenvalue weighted by atomic mass is 10.1. The van der Waals surface area contributed by atoms with Crippen molar-refractivity contribution in [2.24, 2.45) is 0 Å². The molecule has 0 spiro atoms. The summed E-state index contributed by atoms with van der Waals surface area (Å²) in [5.41, 5.74) is -0.826. The summed E-state index contributed by atoms with van der Waals surface area (Å²) in [4.78, 5) is 11.0. The standard InChI is InChI=1S/C9H19NO3S/c1-4-10-9(2,8(11)12)7-14-6-5-13-3/h10H,4-7H2,1-3H3,(H,11,12). The van der Waals surface area contributed by atoms with Gasteiger partial charge in [-0.1, -0.05) is 6.92 Å². The van der Waals surface area contributed by atoms with Gasteiger partial charge in [0.15, 0.2) is 0 Å². The predicted molar refractivity (Wildman–Crippen MR) is 58.9 cm³/mol. The van der Waals surface area contributed by atoms with Crippen molar-refractivity contribution < 1.29 is 14.6 Å². The molecule has 0 saturated carbocycles. The molecule has 0 aliphatic heterocycles. The number of nitrogens with one attached hydrogen (secondary N) is 1. The van der Waals surface area contributed by atoms with E-state index >= 15 is 0 Å². The number of carbonyl (C=O) groups is 1. The van der Waals surface area contributed by atoms with E-state index in [1.54, 1.807) is 25.8 Å². The maximum atomic E-state index is 11.0. The Morgan fingerprint density at radius 3 is 2.71 bits per heavy atom. The van der Waals surface area contributed by atoms with Crippen molar-refractivity contribution in [2.75, 3.05) is 31.8 Å². The Balaban J connectivity index is 3.90. The van der Waals surface area contributed by atoms with Gasteiger partial charge in [0.1, 0.15) is 5.54 Å². The number of carboxylic acid groups (broad SMARTS) is 1. The lowest BCUT2D eigenvalue weighted by Crippen LogP contribution is -2.51. The molecule has 0 aliphatic rings. The van der Waals surface area contributed by atoms with Crippen LogP contribution in [0.1, 0.15) is 13.8 Å². The molecule has 0 saturated heterocycles. The monoisotopic (exact) mass is 221 g/mol. The molecule has 0 aromatic carbocycles. The Bertz CT molecular complexity index is 177. The average Bonchev–Trinajstić information content (AvgIpc) is 2.13. The third kappa shape index (κ3) is 4.83. The fraction of sp³-hybridized carbons (Fsp3) is 0.889. The summed E-state index contributed by atoms with van der Waals surface area (Å²) in [6, 6.07) is 0. The van der Waals surface area contributed by atoms with E-state index in [1.807, 2.05) is 6.92 Å². The SMILES string of the molecule is CCNC(C)(CSCCOC)C(=O)O. The van der Waals surface area contributed by atoms with Gasteiger partial charge in [-0.05, 0) is 13.5 Å². The van der Waals surface area contributed by atoms with Crippen LogP contribution in [-0.2, 0) is 9.53 Å². The first kappa shape index (κ1) is 13.7. The first-order chi connectivity index (χ1) is 6.56. The minimum absolute atomic E-state index is 0.555. The van der Waals surface area contributed by atoms with Crippen LogP contribution >= 0.6 is 11.8 Å². The smallest absolute Gasteiger partial charge is 0.324 e. The van der Waals surface area contributed by atoms with Crippen molar-refractivity contribution in [2.45, 2.75) is 19.4 Å². The third-order valence-corrected chi connectivity index (χ3v) is 3.10. The Hall–Kier alpha value is -0.260. The van der Waals surface area contributed by atoms with Crippen molar-refractivity contribution in [1.29, 1.82) is 0 Å². The molecule has 0 rings (SSSR count). The lowest BCUT2D eigenvalue weighted by molar-refractivity contribution is -0.143. The van der Waals surface area contributed by atoms with Crippen molar-refractivity contribution >= 4 is 17.7 Å². The summed E-state index contributed by atoms with van der Waals surface area (Å²) < 4.78 is 4.89. The number of thioether (sulfide) groups is 1. The molecule has 0 aliphatic carbocycles. The van der Waals surface area contributed by atoms with Gasteiger partial charge in [0.05, 0.1) is 6.61 Å². The molecule has 2 N–H and O–H groups in total. The maximum Gasteiger partial charge on any atom is 0.324 e. The van der Waals surface area contributed by atoms with Crippen molar-refractivity contribution in [3.63, 3.8) is 0 Å². The molecule has 0 bridgehead atoms. The topological polar surface area (TPSA) is 58.6 Å². The Morgan fingerprint density at radius 1 is 1.64 bits per heavy atom. The molecule has 0 heterocycles. The van der Waals surface area contributed by atoms with Gasteiger partial charge in [0.25, 0.3) is 0 Å². The first-order valence-corrected chi connectivity index (χ1v) is 5.77. The van der Waals surface area contributed by atoms with E-state index < -0.39 is 11.5 Å². The van der Waals surface area contributed by atoms with E-state index in [4.69, 9.17) is 9.84 Å². The summed E-state index contributed by atoms with van der Waals surface area (Å²) in [5.74, 6) is 0.578. The first-order valence-electron chi connectivity index (χ1n) is 4.62. The summed E-state index contributed by atoms with van der Waals surface area (Å²) in [6.07, 6.45) is 0. The molecule has 0 fully saturated rings. The summed E-state index contributed by atoms with van der Waals surface area (Å²) in [7, 11) is 1.64. The quantitative estimate of drug-likeness (QED) is 0.594. The third-order valence-electron chi connectivity index (χ3n) is 1.86. The van der Waals surface area contributed by atoms with Gasteiger partial charge >= 0.3 is 5.97 Å². The molecule has 1 unspecified atom stereocenters. The van der Waals surface area contributed by atoms with Gasteiger partial charge in [-0.3, -0.25) is 4.79 Å². The molecule has 4 nitrogen and oxygen atoms in total. The molecule has 14 heavy (non-hydrogen) atoms. The number of carboxylic acids is 1. The fourth-order valence-corrected chi connectivity index (χ4v) is 2.06. The summed E-state index contributed by atoms with van der Waals surface area (Å²) in [5, 5.41) is 12.0. The molecular weight excluding hydrogens is 202 g/mol. The van der Waals surface area contributed by atoms with Crippen molar-refractivity contribution in [3.05, 3.63) is 0 Å². The van der Waals surface area contributed by atoms with Crippen LogP contribution in [0.15, 0.2) is 0 Å². The van der Waals surface area contributed by atoms with E-state index in [0.29, 0.717) is 18.9 Å². The molecule has 5 heteroatoms. The van der Waals surface area contributed by atoms with Crippen LogP contribution in [0, 0.1) is 0 Å². The highest BCUT2D eigenvalue weighted by Crippen LogP contribution is 2.13. The number of methoxy groups -OCH3 is 1. The van der Waals surface area contributed by atoms with Crippen LogP contribution in [0.5, 0.6) is 0 Å². The van der Waals surface area contributed by atoms with E-state index in [2.05, 4.69) is 5.32 Å². The van der Waals surface area contributed by atoms with Gasteiger partial charge in [-0.2, -0.15) is 11.8 Å². The van der Waals surface area contributed by atoms with Crippen molar-refractivity contribution in [3.8, 4) is 0 Å². The highest BCUT2D eigenvalue weighted by atomic mass is 32.2. The van der Waals surface area contributed by atoms with Crippen LogP contribution in [0.2, 0.25) is 0 Å². The fourth-order valence-electron chi connectivity index (χ4n) is 0.997. The number of rotatable bonds is 8. The van der Waals surface area contributed by atoms with Crippen LogP contribution < -0.4 is 5.32 Å². The van der Waals surface area contributed by atoms with Gasteiger partial charge in [0.2, 0.25) is 0 Å². The van der Waals surface area contributed by atoms with Crippen LogP contribution in [0.4, 0.5) is 0 Å². The zero-order valence-corrected chi connectivity index (χ0v) is 9.82. The second kappa shape index (κ2) is 7.09. The number of ether oxygens (including phenoxy) is 1. The zero-order chi connectivity index (χ0) is 11.0. The predicted octanol–water partition coefficient (Wildman–Crippen LogP) is 0.819. The number of hydrogen-bond donors (Lipinski definition) is 2. The zero-order valence-electron chi connectivity index (χ0n) is 9.00. The highest BCUT2D eigenvalue weighted by molar-refractivity contribution is 7.99. The van der Waals surface area contributed by atoms with Crippen LogP contribution in [0.25, 0.3) is 0 Å². The Morgan fingerprint density at radius 2 is 2.29 bits per heavy atom. The van der Waals surface area contributed by atoms with E-state index in [0.717, 1.165) is 5.75 Å². The minimum atomic E-state index is -0.826.